The molecule has 1 atom stereocenters. The minimum Gasteiger partial charge on any atom is -0.463 e. The Kier molecular flexibility index (Phi) is 5.18. The zero-order valence-corrected chi connectivity index (χ0v) is 16.3. The first kappa shape index (κ1) is 18.7. The van der Waals surface area contributed by atoms with Gasteiger partial charge < -0.3 is 9.47 Å². The highest BCUT2D eigenvalue weighted by Crippen LogP contribution is 2.61. The van der Waals surface area contributed by atoms with Crippen LogP contribution in [0.3, 0.4) is 0 Å². The van der Waals surface area contributed by atoms with Gasteiger partial charge in [-0.3, -0.25) is 4.79 Å². The van der Waals surface area contributed by atoms with E-state index in [0.29, 0.717) is 18.4 Å². The molecule has 0 aromatic rings. The molecule has 1 unspecified atom stereocenters. The molecular formula is C21H34O4. The number of rotatable bonds is 6. The van der Waals surface area contributed by atoms with Crippen molar-refractivity contribution in [3.05, 3.63) is 0 Å². The maximum absolute atomic E-state index is 12.3. The van der Waals surface area contributed by atoms with Gasteiger partial charge in [0, 0.05) is 0 Å². The summed E-state index contributed by atoms with van der Waals surface area (Å²) in [7, 11) is 0. The predicted molar refractivity (Wildman–Crippen MR) is 95.8 cm³/mol. The largest absolute Gasteiger partial charge is 0.463 e. The Hall–Kier alpha value is -1.06. The summed E-state index contributed by atoms with van der Waals surface area (Å²) in [6.07, 6.45) is 9.01. The summed E-state index contributed by atoms with van der Waals surface area (Å²) in [5.41, 5.74) is -0.223. The molecule has 4 nitrogen and oxygen atoms in total. The standard InChI is InChI=1S/C21H34O4/c1-5-24-18(22)17(25-19(23)20(2,3)4)6-7-21-11-14-8-15(12-21)10-16(9-14)13-21/h14-17H,5-13H2,1-4H3. The van der Waals surface area contributed by atoms with Crippen molar-refractivity contribution in [3.8, 4) is 0 Å². The summed E-state index contributed by atoms with van der Waals surface area (Å²) in [4.78, 5) is 24.6. The topological polar surface area (TPSA) is 52.6 Å². The van der Waals surface area contributed by atoms with Crippen LogP contribution in [0.5, 0.6) is 0 Å². The Labute approximate surface area is 152 Å². The van der Waals surface area contributed by atoms with Crippen molar-refractivity contribution in [1.82, 2.24) is 0 Å². The molecule has 0 aliphatic heterocycles. The number of carbonyl (C=O) groups is 2. The number of carbonyl (C=O) groups excluding carboxylic acids is 2. The summed E-state index contributed by atoms with van der Waals surface area (Å²) < 4.78 is 10.8. The van der Waals surface area contributed by atoms with Crippen molar-refractivity contribution in [2.24, 2.45) is 28.6 Å². The van der Waals surface area contributed by atoms with E-state index in [-0.39, 0.29) is 11.9 Å². The molecule has 0 aromatic carbocycles. The van der Waals surface area contributed by atoms with Gasteiger partial charge in [0.2, 0.25) is 0 Å². The molecule has 142 valence electrons. The average Bonchev–Trinajstić information content (AvgIpc) is 2.49. The van der Waals surface area contributed by atoms with E-state index in [4.69, 9.17) is 9.47 Å². The van der Waals surface area contributed by atoms with Crippen molar-refractivity contribution in [2.45, 2.75) is 85.2 Å². The van der Waals surface area contributed by atoms with Gasteiger partial charge in [0.1, 0.15) is 0 Å². The SMILES string of the molecule is CCOC(=O)C(CCC12CC3CC(CC(C3)C1)C2)OC(=O)C(C)(C)C. The Balaban J connectivity index is 1.64. The van der Waals surface area contributed by atoms with Crippen LogP contribution in [0.15, 0.2) is 0 Å². The fraction of sp³-hybridized carbons (Fsp3) is 0.905. The minimum atomic E-state index is -0.750. The lowest BCUT2D eigenvalue weighted by Crippen LogP contribution is -2.46. The van der Waals surface area contributed by atoms with Gasteiger partial charge in [-0.05, 0) is 102 Å². The van der Waals surface area contributed by atoms with E-state index in [0.717, 1.165) is 24.2 Å². The maximum Gasteiger partial charge on any atom is 0.347 e. The molecule has 0 amide bonds. The van der Waals surface area contributed by atoms with Crippen molar-refractivity contribution >= 4 is 11.9 Å². The predicted octanol–water partition coefficient (Wildman–Crippen LogP) is 4.50. The molecule has 0 heterocycles. The van der Waals surface area contributed by atoms with Gasteiger partial charge in [-0.1, -0.05) is 0 Å². The first-order valence-corrected chi connectivity index (χ1v) is 10.1. The molecule has 4 bridgehead atoms. The van der Waals surface area contributed by atoms with Crippen LogP contribution in [0, 0.1) is 28.6 Å². The third kappa shape index (κ3) is 4.20. The first-order chi connectivity index (χ1) is 11.7. The third-order valence-corrected chi connectivity index (χ3v) is 6.51. The Bertz CT molecular complexity index is 481. The highest BCUT2D eigenvalue weighted by Gasteiger charge is 2.50. The van der Waals surface area contributed by atoms with Crippen LogP contribution in [0.25, 0.3) is 0 Å². The fourth-order valence-corrected chi connectivity index (χ4v) is 5.80. The van der Waals surface area contributed by atoms with E-state index < -0.39 is 11.5 Å². The smallest absolute Gasteiger partial charge is 0.347 e. The Morgan fingerprint density at radius 3 is 2.00 bits per heavy atom. The van der Waals surface area contributed by atoms with Crippen LogP contribution < -0.4 is 0 Å². The quantitative estimate of drug-likeness (QED) is 0.662. The minimum absolute atomic E-state index is 0.319. The second kappa shape index (κ2) is 6.92. The van der Waals surface area contributed by atoms with E-state index in [2.05, 4.69) is 0 Å². The molecule has 0 spiro atoms. The van der Waals surface area contributed by atoms with E-state index in [1.807, 2.05) is 20.8 Å². The molecule has 4 heteroatoms. The van der Waals surface area contributed by atoms with Crippen LogP contribution in [0.4, 0.5) is 0 Å². The molecule has 4 saturated carbocycles. The average molecular weight is 350 g/mol. The van der Waals surface area contributed by atoms with Crippen LogP contribution in [-0.2, 0) is 19.1 Å². The van der Waals surface area contributed by atoms with Crippen molar-refractivity contribution in [3.63, 3.8) is 0 Å². The number of hydrogen-bond acceptors (Lipinski definition) is 4. The Morgan fingerprint density at radius 1 is 1.04 bits per heavy atom. The highest BCUT2D eigenvalue weighted by molar-refractivity contribution is 5.81. The molecular weight excluding hydrogens is 316 g/mol. The van der Waals surface area contributed by atoms with Crippen molar-refractivity contribution in [2.75, 3.05) is 6.61 Å². The van der Waals surface area contributed by atoms with Gasteiger partial charge in [0.15, 0.2) is 6.10 Å². The van der Waals surface area contributed by atoms with E-state index in [9.17, 15) is 9.59 Å². The number of esters is 2. The summed E-state index contributed by atoms with van der Waals surface area (Å²) >= 11 is 0. The lowest BCUT2D eigenvalue weighted by molar-refractivity contribution is -0.174. The molecule has 0 aromatic heterocycles. The van der Waals surface area contributed by atoms with E-state index in [1.165, 1.54) is 38.5 Å². The third-order valence-electron chi connectivity index (χ3n) is 6.51. The molecule has 4 rings (SSSR count). The zero-order valence-electron chi connectivity index (χ0n) is 16.3. The summed E-state index contributed by atoms with van der Waals surface area (Å²) in [5.74, 6) is 1.97. The number of hydrogen-bond donors (Lipinski definition) is 0. The molecule has 0 saturated heterocycles. The lowest BCUT2D eigenvalue weighted by Gasteiger charge is -2.57. The summed E-state index contributed by atoms with van der Waals surface area (Å²) in [5, 5.41) is 0. The van der Waals surface area contributed by atoms with Crippen molar-refractivity contribution in [1.29, 1.82) is 0 Å². The van der Waals surface area contributed by atoms with Crippen LogP contribution >= 0.6 is 0 Å². The lowest BCUT2D eigenvalue weighted by atomic mass is 9.48. The highest BCUT2D eigenvalue weighted by atomic mass is 16.6. The van der Waals surface area contributed by atoms with Crippen molar-refractivity contribution < 1.29 is 19.1 Å². The first-order valence-electron chi connectivity index (χ1n) is 10.1. The Morgan fingerprint density at radius 2 is 1.56 bits per heavy atom. The molecule has 25 heavy (non-hydrogen) atoms. The van der Waals surface area contributed by atoms with E-state index in [1.54, 1.807) is 6.92 Å². The van der Waals surface area contributed by atoms with E-state index >= 15 is 0 Å². The van der Waals surface area contributed by atoms with Crippen LogP contribution in [0.2, 0.25) is 0 Å². The molecule has 4 fully saturated rings. The summed E-state index contributed by atoms with van der Waals surface area (Å²) in [6, 6.07) is 0. The van der Waals surface area contributed by atoms with Gasteiger partial charge in [0.05, 0.1) is 12.0 Å². The van der Waals surface area contributed by atoms with Gasteiger partial charge in [-0.15, -0.1) is 0 Å². The normalized spacial score (nSPS) is 34.6. The van der Waals surface area contributed by atoms with Crippen LogP contribution in [-0.4, -0.2) is 24.6 Å². The summed E-state index contributed by atoms with van der Waals surface area (Å²) in [6.45, 7) is 7.56. The van der Waals surface area contributed by atoms with Crippen LogP contribution in [0.1, 0.15) is 79.1 Å². The molecule has 4 aliphatic rings. The maximum atomic E-state index is 12.3. The number of ether oxygens (including phenoxy) is 2. The molecule has 0 N–H and O–H groups in total. The zero-order chi connectivity index (χ0) is 18.2. The fourth-order valence-electron chi connectivity index (χ4n) is 5.80. The molecule has 0 radical (unpaired) electrons. The van der Waals surface area contributed by atoms with Gasteiger partial charge in [-0.2, -0.15) is 0 Å². The monoisotopic (exact) mass is 350 g/mol. The molecule has 4 aliphatic carbocycles. The second-order valence-electron chi connectivity index (χ2n) is 9.85. The second-order valence-corrected chi connectivity index (χ2v) is 9.85. The van der Waals surface area contributed by atoms with Gasteiger partial charge in [0.25, 0.3) is 0 Å². The van der Waals surface area contributed by atoms with Gasteiger partial charge in [-0.25, -0.2) is 4.79 Å². The van der Waals surface area contributed by atoms with Gasteiger partial charge >= 0.3 is 11.9 Å².